The summed E-state index contributed by atoms with van der Waals surface area (Å²) in [5.41, 5.74) is 7.31. The van der Waals surface area contributed by atoms with Crippen molar-refractivity contribution in [1.29, 1.82) is 0 Å². The highest BCUT2D eigenvalue weighted by Crippen LogP contribution is 2.19. The van der Waals surface area contributed by atoms with Gasteiger partial charge in [-0.15, -0.1) is 0 Å². The highest BCUT2D eigenvalue weighted by Gasteiger charge is 2.31. The summed E-state index contributed by atoms with van der Waals surface area (Å²) in [4.78, 5) is 63.8. The molecular weight excluding hydrogens is 482 g/mol. The van der Waals surface area contributed by atoms with E-state index in [1.54, 1.807) is 13.1 Å². The number of carboxylic acid groups (broad SMARTS) is 2. The number of H-pyrrole nitrogens is 1. The Kier molecular flexibility index (Phi) is 10.6. The molecule has 8 N–H and O–H groups in total. The van der Waals surface area contributed by atoms with Crippen molar-refractivity contribution in [2.75, 3.05) is 0 Å². The van der Waals surface area contributed by atoms with Crippen LogP contribution >= 0.6 is 0 Å². The lowest BCUT2D eigenvalue weighted by molar-refractivity contribution is -0.142. The van der Waals surface area contributed by atoms with E-state index in [4.69, 9.17) is 10.8 Å². The van der Waals surface area contributed by atoms with Gasteiger partial charge in [0, 0.05) is 29.9 Å². The normalized spacial score (nSPS) is 15.1. The van der Waals surface area contributed by atoms with Crippen molar-refractivity contribution in [1.82, 2.24) is 20.9 Å². The predicted octanol–water partition coefficient (Wildman–Crippen LogP) is 0.508. The molecule has 2 rings (SSSR count). The SMILES string of the molecule is CCC(C)C(NC(=O)C(N)CCC(=O)O)C(=O)NC(C)C(=O)NC(Cc1c[nH]c2ccccc12)C(=O)O. The van der Waals surface area contributed by atoms with Crippen molar-refractivity contribution in [3.8, 4) is 0 Å². The van der Waals surface area contributed by atoms with Crippen molar-refractivity contribution in [2.45, 2.75) is 70.6 Å². The Hall–Kier alpha value is -3.93. The van der Waals surface area contributed by atoms with Crippen LogP contribution in [0, 0.1) is 5.92 Å². The van der Waals surface area contributed by atoms with Crippen LogP contribution in [0.25, 0.3) is 10.9 Å². The van der Waals surface area contributed by atoms with Gasteiger partial charge in [-0.3, -0.25) is 19.2 Å². The summed E-state index contributed by atoms with van der Waals surface area (Å²) in [6, 6.07) is 2.92. The van der Waals surface area contributed by atoms with Crippen LogP contribution in [0.5, 0.6) is 0 Å². The van der Waals surface area contributed by atoms with Crippen molar-refractivity contribution in [3.05, 3.63) is 36.0 Å². The quantitative estimate of drug-likeness (QED) is 0.188. The lowest BCUT2D eigenvalue weighted by Crippen LogP contribution is -2.58. The van der Waals surface area contributed by atoms with Gasteiger partial charge in [0.2, 0.25) is 17.7 Å². The monoisotopic (exact) mass is 517 g/mol. The molecule has 0 saturated carbocycles. The second kappa shape index (κ2) is 13.4. The van der Waals surface area contributed by atoms with E-state index < -0.39 is 53.8 Å². The molecule has 0 fully saturated rings. The molecule has 0 spiro atoms. The van der Waals surface area contributed by atoms with Crippen LogP contribution in [0.3, 0.4) is 0 Å². The lowest BCUT2D eigenvalue weighted by atomic mass is 9.97. The summed E-state index contributed by atoms with van der Waals surface area (Å²) in [7, 11) is 0. The van der Waals surface area contributed by atoms with Gasteiger partial charge in [-0.05, 0) is 30.9 Å². The molecule has 0 aliphatic rings. The van der Waals surface area contributed by atoms with Gasteiger partial charge in [0.05, 0.1) is 6.04 Å². The van der Waals surface area contributed by atoms with Crippen LogP contribution in [0.4, 0.5) is 0 Å². The van der Waals surface area contributed by atoms with Crippen LogP contribution in [0.2, 0.25) is 0 Å². The average molecular weight is 518 g/mol. The maximum Gasteiger partial charge on any atom is 0.326 e. The molecular formula is C25H35N5O7. The number of nitrogens with one attached hydrogen (secondary N) is 4. The first-order valence-corrected chi connectivity index (χ1v) is 12.1. The maximum absolute atomic E-state index is 12.9. The van der Waals surface area contributed by atoms with Crippen LogP contribution in [0.1, 0.15) is 45.6 Å². The van der Waals surface area contributed by atoms with Gasteiger partial charge in [-0.2, -0.15) is 0 Å². The summed E-state index contributed by atoms with van der Waals surface area (Å²) in [6.07, 6.45) is 1.86. The average Bonchev–Trinajstić information content (AvgIpc) is 3.27. The number of amides is 3. The second-order valence-electron chi connectivity index (χ2n) is 9.10. The topological polar surface area (TPSA) is 204 Å². The fraction of sp³-hybridized carbons (Fsp3) is 0.480. The number of nitrogens with two attached hydrogens (primary N) is 1. The summed E-state index contributed by atoms with van der Waals surface area (Å²) in [5.74, 6) is -4.66. The third kappa shape index (κ3) is 8.31. The number of aromatic nitrogens is 1. The standard InChI is InChI=1S/C25H35N5O7/c1-4-13(2)21(30-23(34)17(26)9-10-20(31)32)24(35)28-14(3)22(33)29-19(25(36)37)11-15-12-27-18-8-6-5-7-16(15)18/h5-8,12-14,17,19,21,27H,4,9-11,26H2,1-3H3,(H,28,35)(H,29,33)(H,30,34)(H,31,32)(H,36,37). The Bertz CT molecular complexity index is 1130. The van der Waals surface area contributed by atoms with Crippen molar-refractivity contribution < 1.29 is 34.2 Å². The molecule has 0 radical (unpaired) electrons. The van der Waals surface area contributed by atoms with Gasteiger partial charge in [-0.1, -0.05) is 38.5 Å². The number of hydrogen-bond acceptors (Lipinski definition) is 6. The van der Waals surface area contributed by atoms with Crippen LogP contribution in [-0.2, 0) is 30.4 Å². The summed E-state index contributed by atoms with van der Waals surface area (Å²) in [6.45, 7) is 4.96. The zero-order chi connectivity index (χ0) is 27.7. The number of carbonyl (C=O) groups is 5. The van der Waals surface area contributed by atoms with E-state index in [0.29, 0.717) is 6.42 Å². The second-order valence-corrected chi connectivity index (χ2v) is 9.10. The van der Waals surface area contributed by atoms with E-state index in [1.807, 2.05) is 31.2 Å². The zero-order valence-electron chi connectivity index (χ0n) is 21.1. The van der Waals surface area contributed by atoms with E-state index in [-0.39, 0.29) is 25.2 Å². The molecule has 1 aromatic carbocycles. The molecule has 12 heteroatoms. The molecule has 37 heavy (non-hydrogen) atoms. The highest BCUT2D eigenvalue weighted by atomic mass is 16.4. The molecule has 5 atom stereocenters. The number of para-hydroxylation sites is 1. The van der Waals surface area contributed by atoms with E-state index in [0.717, 1.165) is 16.5 Å². The fourth-order valence-corrected chi connectivity index (χ4v) is 3.76. The minimum Gasteiger partial charge on any atom is -0.481 e. The van der Waals surface area contributed by atoms with E-state index in [2.05, 4.69) is 20.9 Å². The smallest absolute Gasteiger partial charge is 0.326 e. The summed E-state index contributed by atoms with van der Waals surface area (Å²) < 4.78 is 0. The van der Waals surface area contributed by atoms with Crippen molar-refractivity contribution in [2.24, 2.45) is 11.7 Å². The Labute approximate surface area is 214 Å². The number of aromatic amines is 1. The molecule has 2 aromatic rings. The summed E-state index contributed by atoms with van der Waals surface area (Å²) in [5, 5.41) is 26.8. The molecule has 0 aliphatic carbocycles. The molecule has 3 amide bonds. The first kappa shape index (κ1) is 29.3. The van der Waals surface area contributed by atoms with Gasteiger partial charge in [0.1, 0.15) is 18.1 Å². The molecule has 0 saturated heterocycles. The summed E-state index contributed by atoms with van der Waals surface area (Å²) >= 11 is 0. The van der Waals surface area contributed by atoms with Crippen LogP contribution in [-0.4, -0.2) is 69.0 Å². The minimum absolute atomic E-state index is 0.0333. The van der Waals surface area contributed by atoms with Crippen molar-refractivity contribution >= 4 is 40.6 Å². The molecule has 12 nitrogen and oxygen atoms in total. The fourth-order valence-electron chi connectivity index (χ4n) is 3.76. The maximum atomic E-state index is 12.9. The zero-order valence-corrected chi connectivity index (χ0v) is 21.1. The molecule has 0 bridgehead atoms. The minimum atomic E-state index is -1.23. The number of hydrogen-bond donors (Lipinski definition) is 7. The van der Waals surface area contributed by atoms with E-state index in [9.17, 15) is 29.1 Å². The Morgan fingerprint density at radius 3 is 2.27 bits per heavy atom. The van der Waals surface area contributed by atoms with Crippen LogP contribution < -0.4 is 21.7 Å². The third-order valence-electron chi connectivity index (χ3n) is 6.26. The van der Waals surface area contributed by atoms with Gasteiger partial charge in [0.15, 0.2) is 0 Å². The van der Waals surface area contributed by atoms with Gasteiger partial charge >= 0.3 is 11.9 Å². The first-order valence-electron chi connectivity index (χ1n) is 12.1. The number of aliphatic carboxylic acids is 2. The molecule has 1 heterocycles. The Balaban J connectivity index is 2.03. The van der Waals surface area contributed by atoms with Gasteiger partial charge in [-0.25, -0.2) is 4.79 Å². The Morgan fingerprint density at radius 1 is 0.973 bits per heavy atom. The molecule has 1 aromatic heterocycles. The number of benzene rings is 1. The molecule has 5 unspecified atom stereocenters. The Morgan fingerprint density at radius 2 is 1.65 bits per heavy atom. The van der Waals surface area contributed by atoms with E-state index in [1.165, 1.54) is 6.92 Å². The number of rotatable bonds is 14. The predicted molar refractivity (Wildman–Crippen MR) is 135 cm³/mol. The first-order chi connectivity index (χ1) is 17.4. The highest BCUT2D eigenvalue weighted by molar-refractivity contribution is 5.94. The van der Waals surface area contributed by atoms with Crippen LogP contribution in [0.15, 0.2) is 30.5 Å². The number of carbonyl (C=O) groups excluding carboxylic acids is 3. The number of fused-ring (bicyclic) bond motifs is 1. The van der Waals surface area contributed by atoms with Gasteiger partial charge < -0.3 is 36.9 Å². The molecule has 202 valence electrons. The third-order valence-corrected chi connectivity index (χ3v) is 6.26. The van der Waals surface area contributed by atoms with Crippen molar-refractivity contribution in [3.63, 3.8) is 0 Å². The number of carboxylic acids is 2. The van der Waals surface area contributed by atoms with Gasteiger partial charge in [0.25, 0.3) is 0 Å². The largest absolute Gasteiger partial charge is 0.481 e. The molecule has 0 aliphatic heterocycles. The lowest BCUT2D eigenvalue weighted by Gasteiger charge is -2.26. The van der Waals surface area contributed by atoms with E-state index >= 15 is 0 Å².